The van der Waals surface area contributed by atoms with Crippen molar-refractivity contribution in [3.8, 4) is 0 Å². The maximum atomic E-state index is 6.30. The second-order valence-corrected chi connectivity index (χ2v) is 13.0. The van der Waals surface area contributed by atoms with Gasteiger partial charge in [0.05, 0.1) is 30.5 Å². The van der Waals surface area contributed by atoms with Crippen molar-refractivity contribution in [3.63, 3.8) is 0 Å². The maximum Gasteiger partial charge on any atom is 0.0888 e. The van der Waals surface area contributed by atoms with Gasteiger partial charge in [0.15, 0.2) is 0 Å². The minimum atomic E-state index is -0.355. The summed E-state index contributed by atoms with van der Waals surface area (Å²) in [6.45, 7) is 24.6. The van der Waals surface area contributed by atoms with E-state index in [1.165, 1.54) is 24.0 Å². The van der Waals surface area contributed by atoms with Crippen molar-refractivity contribution >= 4 is 0 Å². The average Bonchev–Trinajstić information content (AvgIpc) is 2.70. The van der Waals surface area contributed by atoms with Crippen LogP contribution in [-0.4, -0.2) is 30.5 Å². The van der Waals surface area contributed by atoms with E-state index in [0.717, 1.165) is 19.4 Å². The first-order valence-electron chi connectivity index (χ1n) is 12.6. The summed E-state index contributed by atoms with van der Waals surface area (Å²) in [7, 11) is 0. The van der Waals surface area contributed by atoms with Crippen molar-refractivity contribution in [2.24, 2.45) is 10.8 Å². The Bertz CT molecular complexity index is 688. The number of benzene rings is 1. The van der Waals surface area contributed by atoms with E-state index < -0.39 is 0 Å². The van der Waals surface area contributed by atoms with Crippen LogP contribution in [0.3, 0.4) is 0 Å². The summed E-state index contributed by atoms with van der Waals surface area (Å²) in [5.74, 6) is 0.505. The Kier molecular flexibility index (Phi) is 9.03. The molecule has 184 valence electrons. The van der Waals surface area contributed by atoms with Gasteiger partial charge < -0.3 is 14.2 Å². The molecule has 0 amide bonds. The van der Waals surface area contributed by atoms with Crippen LogP contribution >= 0.6 is 0 Å². The van der Waals surface area contributed by atoms with Crippen molar-refractivity contribution in [3.05, 3.63) is 35.4 Å². The molecule has 0 aliphatic carbocycles. The number of rotatable bonds is 10. The molecule has 1 fully saturated rings. The predicted molar refractivity (Wildman–Crippen MR) is 135 cm³/mol. The Morgan fingerprint density at radius 3 is 2.06 bits per heavy atom. The first-order valence-corrected chi connectivity index (χ1v) is 12.6. The molecule has 2 rings (SSSR count). The molecule has 0 saturated carbocycles. The van der Waals surface area contributed by atoms with E-state index in [2.05, 4.69) is 93.5 Å². The van der Waals surface area contributed by atoms with Gasteiger partial charge in [-0.2, -0.15) is 0 Å². The third kappa shape index (κ3) is 8.47. The van der Waals surface area contributed by atoms with Crippen LogP contribution in [0.25, 0.3) is 0 Å². The first-order chi connectivity index (χ1) is 14.6. The van der Waals surface area contributed by atoms with Crippen LogP contribution in [0.2, 0.25) is 0 Å². The SMILES string of the molecule is CC(c1ccc(COC(C)(C)COC(C)(C)C2CCCCO2)cc1)C(C)(C)CC(C)(C)C. The fourth-order valence-corrected chi connectivity index (χ4v) is 4.94. The van der Waals surface area contributed by atoms with Crippen molar-refractivity contribution < 1.29 is 14.2 Å². The molecule has 3 heteroatoms. The highest BCUT2D eigenvalue weighted by Crippen LogP contribution is 2.43. The second-order valence-electron chi connectivity index (χ2n) is 13.0. The van der Waals surface area contributed by atoms with Gasteiger partial charge in [0.25, 0.3) is 0 Å². The monoisotopic (exact) mass is 446 g/mol. The molecule has 0 N–H and O–H groups in total. The zero-order chi connectivity index (χ0) is 24.2. The molecule has 1 heterocycles. The van der Waals surface area contributed by atoms with Crippen molar-refractivity contribution in [1.29, 1.82) is 0 Å². The van der Waals surface area contributed by atoms with E-state index in [1.54, 1.807) is 0 Å². The highest BCUT2D eigenvalue weighted by molar-refractivity contribution is 5.26. The summed E-state index contributed by atoms with van der Waals surface area (Å²) in [6.07, 6.45) is 4.82. The van der Waals surface area contributed by atoms with Gasteiger partial charge in [0.1, 0.15) is 0 Å². The average molecular weight is 447 g/mol. The van der Waals surface area contributed by atoms with Crippen LogP contribution in [0.15, 0.2) is 24.3 Å². The van der Waals surface area contributed by atoms with Crippen LogP contribution in [0.1, 0.15) is 112 Å². The van der Waals surface area contributed by atoms with E-state index >= 15 is 0 Å². The lowest BCUT2D eigenvalue weighted by Gasteiger charge is -2.39. The quantitative estimate of drug-likeness (QED) is 0.365. The maximum absolute atomic E-state index is 6.30. The summed E-state index contributed by atoms with van der Waals surface area (Å²) in [6, 6.07) is 8.99. The van der Waals surface area contributed by atoms with Gasteiger partial charge in [-0.3, -0.25) is 0 Å². The van der Waals surface area contributed by atoms with Gasteiger partial charge in [-0.15, -0.1) is 0 Å². The third-order valence-electron chi connectivity index (χ3n) is 7.01. The molecule has 1 aliphatic heterocycles. The summed E-state index contributed by atoms with van der Waals surface area (Å²) >= 11 is 0. The van der Waals surface area contributed by atoms with Gasteiger partial charge in [-0.05, 0) is 81.3 Å². The van der Waals surface area contributed by atoms with Crippen LogP contribution in [0.4, 0.5) is 0 Å². The van der Waals surface area contributed by atoms with Gasteiger partial charge in [0.2, 0.25) is 0 Å². The minimum absolute atomic E-state index is 0.170. The predicted octanol–water partition coefficient (Wildman–Crippen LogP) is 7.91. The molecule has 0 spiro atoms. The standard InChI is InChI=1S/C29H50O3/c1-22(27(5,6)20-26(2,3)4)24-16-14-23(15-17-24)19-31-28(7,8)21-32-29(9,10)25-13-11-12-18-30-25/h14-17,22,25H,11-13,18-21H2,1-10H3. The topological polar surface area (TPSA) is 27.7 Å². The lowest BCUT2D eigenvalue weighted by molar-refractivity contribution is -0.178. The molecule has 0 aromatic heterocycles. The van der Waals surface area contributed by atoms with Gasteiger partial charge >= 0.3 is 0 Å². The zero-order valence-electron chi connectivity index (χ0n) is 22.6. The molecule has 1 aliphatic rings. The molecule has 0 bridgehead atoms. The van der Waals surface area contributed by atoms with E-state index in [1.807, 2.05) is 0 Å². The minimum Gasteiger partial charge on any atom is -0.375 e. The Labute approximate surface area is 198 Å². The zero-order valence-corrected chi connectivity index (χ0v) is 22.6. The van der Waals surface area contributed by atoms with Crippen LogP contribution in [-0.2, 0) is 20.8 Å². The molecule has 32 heavy (non-hydrogen) atoms. The lowest BCUT2D eigenvalue weighted by Crippen LogP contribution is -2.46. The van der Waals surface area contributed by atoms with E-state index in [4.69, 9.17) is 14.2 Å². The van der Waals surface area contributed by atoms with Crippen LogP contribution in [0.5, 0.6) is 0 Å². The number of hydrogen-bond acceptors (Lipinski definition) is 3. The normalized spacial score (nSPS) is 19.8. The molecule has 1 aromatic rings. The number of hydrogen-bond donors (Lipinski definition) is 0. The molecule has 3 nitrogen and oxygen atoms in total. The molecule has 1 saturated heterocycles. The van der Waals surface area contributed by atoms with Gasteiger partial charge in [-0.1, -0.05) is 65.8 Å². The molecule has 2 unspecified atom stereocenters. The third-order valence-corrected chi connectivity index (χ3v) is 7.01. The molecule has 1 aromatic carbocycles. The summed E-state index contributed by atoms with van der Waals surface area (Å²) in [5.41, 5.74) is 2.55. The van der Waals surface area contributed by atoms with Gasteiger partial charge in [0, 0.05) is 6.61 Å². The highest BCUT2D eigenvalue weighted by Gasteiger charge is 2.35. The molecular formula is C29H50O3. The Morgan fingerprint density at radius 2 is 1.53 bits per heavy atom. The van der Waals surface area contributed by atoms with Gasteiger partial charge in [-0.25, -0.2) is 0 Å². The Hall–Kier alpha value is -0.900. The smallest absolute Gasteiger partial charge is 0.0888 e. The van der Waals surface area contributed by atoms with Crippen LogP contribution in [0, 0.1) is 10.8 Å². The van der Waals surface area contributed by atoms with Crippen molar-refractivity contribution in [2.45, 2.75) is 125 Å². The van der Waals surface area contributed by atoms with E-state index in [-0.39, 0.29) is 22.7 Å². The van der Waals surface area contributed by atoms with E-state index in [0.29, 0.717) is 24.5 Å². The molecule has 2 atom stereocenters. The summed E-state index contributed by atoms with van der Waals surface area (Å²) in [5, 5.41) is 0. The summed E-state index contributed by atoms with van der Waals surface area (Å²) < 4.78 is 18.5. The lowest BCUT2D eigenvalue weighted by atomic mass is 9.67. The number of ether oxygens (including phenoxy) is 3. The Morgan fingerprint density at radius 1 is 0.906 bits per heavy atom. The first kappa shape index (κ1) is 27.3. The van der Waals surface area contributed by atoms with Crippen molar-refractivity contribution in [2.75, 3.05) is 13.2 Å². The molecule has 0 radical (unpaired) electrons. The Balaban J connectivity index is 1.89. The fourth-order valence-electron chi connectivity index (χ4n) is 4.94. The largest absolute Gasteiger partial charge is 0.375 e. The highest BCUT2D eigenvalue weighted by atomic mass is 16.6. The molecular weight excluding hydrogens is 396 g/mol. The van der Waals surface area contributed by atoms with Crippen LogP contribution < -0.4 is 0 Å². The summed E-state index contributed by atoms with van der Waals surface area (Å²) in [4.78, 5) is 0. The van der Waals surface area contributed by atoms with Crippen molar-refractivity contribution in [1.82, 2.24) is 0 Å². The van der Waals surface area contributed by atoms with E-state index in [9.17, 15) is 0 Å². The fraction of sp³-hybridized carbons (Fsp3) is 0.793. The second kappa shape index (κ2) is 10.6.